The summed E-state index contributed by atoms with van der Waals surface area (Å²) in [5.41, 5.74) is 2.67. The summed E-state index contributed by atoms with van der Waals surface area (Å²) in [5.74, 6) is 6.37. The van der Waals surface area contributed by atoms with E-state index in [1.807, 2.05) is 104 Å². The summed E-state index contributed by atoms with van der Waals surface area (Å²) in [4.78, 5) is 4.18. The first kappa shape index (κ1) is 26.6. The van der Waals surface area contributed by atoms with Crippen LogP contribution in [0.5, 0.6) is 0 Å². The van der Waals surface area contributed by atoms with Crippen molar-refractivity contribution in [2.45, 2.75) is 50.7 Å². The van der Waals surface area contributed by atoms with Gasteiger partial charge in [-0.3, -0.25) is 0 Å². The minimum Gasteiger partial charge on any atom is -0.374 e. The molecule has 1 saturated heterocycles. The Morgan fingerprint density at radius 3 is 2.03 bits per heavy atom. The molecule has 3 aromatic carbocycles. The van der Waals surface area contributed by atoms with E-state index in [0.717, 1.165) is 16.7 Å². The number of nitrogens with zero attached hydrogens (tertiary/aromatic N) is 3. The van der Waals surface area contributed by atoms with Crippen molar-refractivity contribution in [2.75, 3.05) is 12.4 Å². The zero-order chi connectivity index (χ0) is 27.1. The van der Waals surface area contributed by atoms with Crippen LogP contribution in [0.1, 0.15) is 41.2 Å². The fraction of sp³-hybridized carbons (Fsp3) is 0.290. The molecule has 1 aliphatic heterocycles. The Morgan fingerprint density at radius 1 is 0.897 bits per heavy atom. The maximum atomic E-state index is 9.47. The van der Waals surface area contributed by atoms with Gasteiger partial charge in [-0.25, -0.2) is 9.66 Å². The molecule has 200 valence electrons. The molecule has 0 aliphatic carbocycles. The smallest absolute Gasteiger partial charge is 0.231 e. The van der Waals surface area contributed by atoms with Gasteiger partial charge in [0.2, 0.25) is 5.82 Å². The summed E-state index contributed by atoms with van der Waals surface area (Å²) in [6, 6.07) is 31.9. The molecular weight excluding hydrogens is 492 g/mol. The fourth-order valence-electron chi connectivity index (χ4n) is 4.91. The first-order chi connectivity index (χ1) is 19.1. The van der Waals surface area contributed by atoms with Gasteiger partial charge in [-0.15, -0.1) is 0 Å². The Hall–Kier alpha value is -4.00. The molecule has 0 bridgehead atoms. The summed E-state index contributed by atoms with van der Waals surface area (Å²) in [7, 11) is 0. The lowest BCUT2D eigenvalue weighted by molar-refractivity contribution is -0.148. The predicted octanol–water partition coefficient (Wildman–Crippen LogP) is 4.69. The number of aromatic nitrogens is 2. The number of nitriles is 1. The molecule has 0 radical (unpaired) electrons. The second-order valence-electron chi connectivity index (χ2n) is 9.72. The van der Waals surface area contributed by atoms with E-state index in [9.17, 15) is 5.26 Å². The molecule has 8 heteroatoms. The number of imidazole rings is 1. The van der Waals surface area contributed by atoms with E-state index < -0.39 is 23.9 Å². The summed E-state index contributed by atoms with van der Waals surface area (Å²) < 4.78 is 27.2. The first-order valence-electron chi connectivity index (χ1n) is 12.9. The molecule has 1 fully saturated rings. The third kappa shape index (κ3) is 6.03. The lowest BCUT2D eigenvalue weighted by Gasteiger charge is -2.35. The third-order valence-electron chi connectivity index (χ3n) is 6.99. The maximum absolute atomic E-state index is 9.47. The SMILES string of the molecule is CC1(OCc2ccccc2)C(c2cnc(C#N)n2N)OC(COCc2ccccc2)C1OCc1ccccc1. The largest absolute Gasteiger partial charge is 0.374 e. The molecule has 4 unspecified atom stereocenters. The lowest BCUT2D eigenvalue weighted by atomic mass is 9.90. The van der Waals surface area contributed by atoms with Gasteiger partial charge in [0.05, 0.1) is 38.3 Å². The molecule has 0 saturated carbocycles. The standard InChI is InChI=1S/C31H32N4O4/c1-31(38-21-25-15-9-4-10-16-25)29(26-18-34-28(17-32)35(26)33)39-27(22-36-19-23-11-5-2-6-12-23)30(31)37-20-24-13-7-3-8-14-24/h2-16,18,27,29-30H,19-22,33H2,1H3. The molecular formula is C31H32N4O4. The molecule has 39 heavy (non-hydrogen) atoms. The minimum absolute atomic E-state index is 0.0875. The number of nitrogen functional groups attached to an aromatic ring is 1. The van der Waals surface area contributed by atoms with Crippen LogP contribution < -0.4 is 5.84 Å². The number of nitrogens with two attached hydrogens (primary N) is 1. The van der Waals surface area contributed by atoms with Crippen molar-refractivity contribution in [2.24, 2.45) is 0 Å². The summed E-state index contributed by atoms with van der Waals surface area (Å²) in [5, 5.41) is 9.47. The molecule has 0 spiro atoms. The van der Waals surface area contributed by atoms with Crippen LogP contribution in [-0.4, -0.2) is 34.1 Å². The molecule has 1 aliphatic rings. The van der Waals surface area contributed by atoms with Crippen molar-refractivity contribution in [3.63, 3.8) is 0 Å². The molecule has 0 amide bonds. The molecule has 4 aromatic rings. The van der Waals surface area contributed by atoms with Crippen molar-refractivity contribution in [1.29, 1.82) is 5.26 Å². The molecule has 4 atom stereocenters. The Bertz CT molecular complexity index is 1370. The Morgan fingerprint density at radius 2 is 1.46 bits per heavy atom. The van der Waals surface area contributed by atoms with Crippen LogP contribution in [0.25, 0.3) is 0 Å². The number of hydrogen-bond donors (Lipinski definition) is 1. The van der Waals surface area contributed by atoms with E-state index in [2.05, 4.69) is 4.98 Å². The zero-order valence-corrected chi connectivity index (χ0v) is 21.9. The molecule has 2 N–H and O–H groups in total. The Balaban J connectivity index is 1.45. The van der Waals surface area contributed by atoms with Crippen molar-refractivity contribution < 1.29 is 18.9 Å². The minimum atomic E-state index is -0.977. The van der Waals surface area contributed by atoms with Gasteiger partial charge in [-0.1, -0.05) is 91.0 Å². The summed E-state index contributed by atoms with van der Waals surface area (Å²) in [6.07, 6.45) is -0.0763. The first-order valence-corrected chi connectivity index (χ1v) is 12.9. The van der Waals surface area contributed by atoms with E-state index in [0.29, 0.717) is 25.5 Å². The van der Waals surface area contributed by atoms with Gasteiger partial charge in [0.25, 0.3) is 0 Å². The van der Waals surface area contributed by atoms with Crippen LogP contribution in [0.15, 0.2) is 97.2 Å². The van der Waals surface area contributed by atoms with E-state index >= 15 is 0 Å². The van der Waals surface area contributed by atoms with Gasteiger partial charge in [0, 0.05) is 0 Å². The molecule has 8 nitrogen and oxygen atoms in total. The van der Waals surface area contributed by atoms with Crippen molar-refractivity contribution >= 4 is 0 Å². The van der Waals surface area contributed by atoms with E-state index in [-0.39, 0.29) is 12.4 Å². The van der Waals surface area contributed by atoms with Gasteiger partial charge < -0.3 is 24.8 Å². The summed E-state index contributed by atoms with van der Waals surface area (Å²) >= 11 is 0. The number of benzene rings is 3. The number of hydrogen-bond acceptors (Lipinski definition) is 7. The summed E-state index contributed by atoms with van der Waals surface area (Å²) in [6.45, 7) is 3.38. The van der Waals surface area contributed by atoms with Gasteiger partial charge in [0.1, 0.15) is 30.0 Å². The van der Waals surface area contributed by atoms with Gasteiger partial charge in [-0.2, -0.15) is 5.26 Å². The maximum Gasteiger partial charge on any atom is 0.231 e. The van der Waals surface area contributed by atoms with Crippen LogP contribution >= 0.6 is 0 Å². The number of ether oxygens (including phenoxy) is 4. The van der Waals surface area contributed by atoms with Crippen LogP contribution in [-0.2, 0) is 38.8 Å². The average Bonchev–Trinajstić information content (AvgIpc) is 3.48. The van der Waals surface area contributed by atoms with Crippen molar-refractivity contribution in [1.82, 2.24) is 9.66 Å². The lowest BCUT2D eigenvalue weighted by Crippen LogP contribution is -2.47. The van der Waals surface area contributed by atoms with Crippen molar-refractivity contribution in [3.05, 3.63) is 125 Å². The van der Waals surface area contributed by atoms with E-state index in [1.165, 1.54) is 4.68 Å². The average molecular weight is 525 g/mol. The van der Waals surface area contributed by atoms with Crippen LogP contribution in [0.3, 0.4) is 0 Å². The van der Waals surface area contributed by atoms with Crippen molar-refractivity contribution in [3.8, 4) is 6.07 Å². The normalized spacial score (nSPS) is 22.5. The second kappa shape index (κ2) is 12.2. The third-order valence-corrected chi connectivity index (χ3v) is 6.99. The topological polar surface area (TPSA) is 105 Å². The zero-order valence-electron chi connectivity index (χ0n) is 21.9. The van der Waals surface area contributed by atoms with Gasteiger partial charge >= 0.3 is 0 Å². The highest BCUT2D eigenvalue weighted by atomic mass is 16.6. The second-order valence-corrected chi connectivity index (χ2v) is 9.72. The highest BCUT2D eigenvalue weighted by Crippen LogP contribution is 2.46. The monoisotopic (exact) mass is 524 g/mol. The molecule has 5 rings (SSSR count). The van der Waals surface area contributed by atoms with Gasteiger partial charge in [-0.05, 0) is 23.6 Å². The number of rotatable bonds is 11. The predicted molar refractivity (Wildman–Crippen MR) is 145 cm³/mol. The Labute approximate surface area is 228 Å². The van der Waals surface area contributed by atoms with Crippen LogP contribution in [0, 0.1) is 11.3 Å². The quantitative estimate of drug-likeness (QED) is 0.284. The van der Waals surface area contributed by atoms with E-state index in [4.69, 9.17) is 24.8 Å². The molecule has 1 aromatic heterocycles. The van der Waals surface area contributed by atoms with Gasteiger partial charge in [0.15, 0.2) is 0 Å². The fourth-order valence-corrected chi connectivity index (χ4v) is 4.91. The van der Waals surface area contributed by atoms with Crippen LogP contribution in [0.2, 0.25) is 0 Å². The van der Waals surface area contributed by atoms with Crippen LogP contribution in [0.4, 0.5) is 0 Å². The highest BCUT2D eigenvalue weighted by molar-refractivity contribution is 5.24. The Kier molecular flexibility index (Phi) is 8.35. The highest BCUT2D eigenvalue weighted by Gasteiger charge is 2.57. The molecule has 2 heterocycles. The van der Waals surface area contributed by atoms with E-state index in [1.54, 1.807) is 6.20 Å².